The maximum Gasteiger partial charge on any atom is 0.0703 e. The highest BCUT2D eigenvalue weighted by Gasteiger charge is 2.17. The maximum atomic E-state index is 6.55. The first-order valence-corrected chi connectivity index (χ1v) is 8.04. The van der Waals surface area contributed by atoms with Gasteiger partial charge in [0, 0.05) is 35.4 Å². The van der Waals surface area contributed by atoms with Gasteiger partial charge in [0.05, 0.1) is 5.69 Å². The first-order chi connectivity index (χ1) is 10.1. The van der Waals surface area contributed by atoms with Crippen molar-refractivity contribution >= 4 is 11.6 Å². The first-order valence-electron chi connectivity index (χ1n) is 7.66. The summed E-state index contributed by atoms with van der Waals surface area (Å²) in [6, 6.07) is 6.34. The van der Waals surface area contributed by atoms with Gasteiger partial charge in [0.2, 0.25) is 0 Å². The van der Waals surface area contributed by atoms with E-state index in [0.717, 1.165) is 42.2 Å². The summed E-state index contributed by atoms with van der Waals surface area (Å²) >= 11 is 6.55. The molecule has 0 bridgehead atoms. The average molecular weight is 306 g/mol. The molecule has 0 aliphatic heterocycles. The van der Waals surface area contributed by atoms with Crippen LogP contribution in [0.15, 0.2) is 18.2 Å². The van der Waals surface area contributed by atoms with Crippen LogP contribution in [-0.4, -0.2) is 16.3 Å². The number of nitrogens with one attached hydrogen (secondary N) is 1. The molecule has 2 aromatic rings. The van der Waals surface area contributed by atoms with E-state index in [4.69, 9.17) is 11.6 Å². The van der Waals surface area contributed by atoms with E-state index in [1.165, 1.54) is 16.8 Å². The van der Waals surface area contributed by atoms with Crippen LogP contribution < -0.4 is 5.32 Å². The minimum absolute atomic E-state index is 0.808. The Bertz CT molecular complexity index is 617. The van der Waals surface area contributed by atoms with Crippen LogP contribution in [0.1, 0.15) is 37.7 Å². The molecule has 4 heteroatoms. The summed E-state index contributed by atoms with van der Waals surface area (Å²) in [7, 11) is 2.01. The van der Waals surface area contributed by atoms with Crippen molar-refractivity contribution in [2.24, 2.45) is 7.05 Å². The Labute approximate surface area is 132 Å². The van der Waals surface area contributed by atoms with Gasteiger partial charge in [-0.2, -0.15) is 5.10 Å². The van der Waals surface area contributed by atoms with E-state index >= 15 is 0 Å². The van der Waals surface area contributed by atoms with E-state index in [2.05, 4.69) is 49.4 Å². The Balaban J connectivity index is 2.47. The molecule has 1 aromatic heterocycles. The van der Waals surface area contributed by atoms with Crippen molar-refractivity contribution in [1.29, 1.82) is 0 Å². The lowest BCUT2D eigenvalue weighted by molar-refractivity contribution is 0.705. The fourth-order valence-electron chi connectivity index (χ4n) is 2.72. The molecule has 1 heterocycles. The molecule has 0 saturated carbocycles. The number of aryl methyl sites for hydroxylation is 2. The minimum atomic E-state index is 0.808. The van der Waals surface area contributed by atoms with E-state index in [0.29, 0.717) is 0 Å². The number of nitrogens with zero attached hydrogens (tertiary/aromatic N) is 2. The summed E-state index contributed by atoms with van der Waals surface area (Å²) in [5.74, 6) is 0. The van der Waals surface area contributed by atoms with E-state index in [1.54, 1.807) is 0 Å². The van der Waals surface area contributed by atoms with Crippen molar-refractivity contribution in [2.45, 2.75) is 40.2 Å². The fraction of sp³-hybridized carbons (Fsp3) is 0.471. The molecule has 0 saturated heterocycles. The number of rotatable bonds is 6. The van der Waals surface area contributed by atoms with Crippen LogP contribution in [0.2, 0.25) is 5.02 Å². The molecular formula is C17H24ClN3. The van der Waals surface area contributed by atoms with E-state index < -0.39 is 0 Å². The second kappa shape index (κ2) is 7.10. The predicted octanol–water partition coefficient (Wildman–Crippen LogP) is 3.97. The highest BCUT2D eigenvalue weighted by atomic mass is 35.5. The molecule has 1 N–H and O–H groups in total. The molecule has 0 fully saturated rings. The molecule has 0 spiro atoms. The van der Waals surface area contributed by atoms with Crippen LogP contribution in [0.25, 0.3) is 11.1 Å². The van der Waals surface area contributed by atoms with Gasteiger partial charge >= 0.3 is 0 Å². The standard InChI is InChI=1S/C17H24ClN3/c1-5-15-17(16(6-2)21(4)20-15)13-9-8-12(10-14(13)18)11-19-7-3/h8-10,19H,5-7,11H2,1-4H3. The Morgan fingerprint density at radius 3 is 2.52 bits per heavy atom. The zero-order chi connectivity index (χ0) is 15.4. The van der Waals surface area contributed by atoms with Gasteiger partial charge in [0.15, 0.2) is 0 Å². The number of halogens is 1. The summed E-state index contributed by atoms with van der Waals surface area (Å²) in [5, 5.41) is 8.77. The molecule has 0 aliphatic carbocycles. The van der Waals surface area contributed by atoms with Crippen molar-refractivity contribution in [3.05, 3.63) is 40.2 Å². The Morgan fingerprint density at radius 1 is 1.19 bits per heavy atom. The van der Waals surface area contributed by atoms with Gasteiger partial charge in [0.25, 0.3) is 0 Å². The predicted molar refractivity (Wildman–Crippen MR) is 89.8 cm³/mol. The third kappa shape index (κ3) is 3.30. The van der Waals surface area contributed by atoms with Crippen LogP contribution in [0.5, 0.6) is 0 Å². The van der Waals surface area contributed by atoms with Gasteiger partial charge in [-0.15, -0.1) is 0 Å². The Hall–Kier alpha value is -1.32. The lowest BCUT2D eigenvalue weighted by Gasteiger charge is -2.10. The van der Waals surface area contributed by atoms with Crippen molar-refractivity contribution < 1.29 is 0 Å². The average Bonchev–Trinajstić information content (AvgIpc) is 2.80. The summed E-state index contributed by atoms with van der Waals surface area (Å²) in [5.41, 5.74) is 5.88. The van der Waals surface area contributed by atoms with E-state index in [9.17, 15) is 0 Å². The molecule has 0 atom stereocenters. The van der Waals surface area contributed by atoms with Crippen molar-refractivity contribution in [3.8, 4) is 11.1 Å². The minimum Gasteiger partial charge on any atom is -0.313 e. The zero-order valence-corrected chi connectivity index (χ0v) is 14.1. The van der Waals surface area contributed by atoms with Gasteiger partial charge in [-0.1, -0.05) is 44.5 Å². The smallest absolute Gasteiger partial charge is 0.0703 e. The van der Waals surface area contributed by atoms with Gasteiger partial charge in [0.1, 0.15) is 0 Å². The van der Waals surface area contributed by atoms with Crippen molar-refractivity contribution in [2.75, 3.05) is 6.54 Å². The van der Waals surface area contributed by atoms with Crippen LogP contribution >= 0.6 is 11.6 Å². The second-order valence-corrected chi connectivity index (χ2v) is 5.60. The van der Waals surface area contributed by atoms with Crippen molar-refractivity contribution in [3.63, 3.8) is 0 Å². The third-order valence-corrected chi connectivity index (χ3v) is 4.10. The number of hydrogen-bond acceptors (Lipinski definition) is 2. The summed E-state index contributed by atoms with van der Waals surface area (Å²) < 4.78 is 1.98. The van der Waals surface area contributed by atoms with Gasteiger partial charge in [-0.25, -0.2) is 0 Å². The van der Waals surface area contributed by atoms with Gasteiger partial charge < -0.3 is 5.32 Å². The topological polar surface area (TPSA) is 29.9 Å². The van der Waals surface area contributed by atoms with Gasteiger partial charge in [-0.3, -0.25) is 4.68 Å². The van der Waals surface area contributed by atoms with E-state index in [1.807, 2.05) is 11.7 Å². The molecule has 0 unspecified atom stereocenters. The zero-order valence-electron chi connectivity index (χ0n) is 13.3. The summed E-state index contributed by atoms with van der Waals surface area (Å²) in [6.07, 6.45) is 1.87. The van der Waals surface area contributed by atoms with E-state index in [-0.39, 0.29) is 0 Å². The molecule has 2 rings (SSSR count). The lowest BCUT2D eigenvalue weighted by atomic mass is 9.99. The quantitative estimate of drug-likeness (QED) is 0.875. The highest BCUT2D eigenvalue weighted by molar-refractivity contribution is 6.33. The molecular weight excluding hydrogens is 282 g/mol. The molecule has 0 aliphatic rings. The molecule has 0 amide bonds. The summed E-state index contributed by atoms with van der Waals surface area (Å²) in [6.45, 7) is 8.21. The number of hydrogen-bond donors (Lipinski definition) is 1. The molecule has 114 valence electrons. The fourth-order valence-corrected chi connectivity index (χ4v) is 3.02. The largest absolute Gasteiger partial charge is 0.313 e. The number of benzene rings is 1. The Kier molecular flexibility index (Phi) is 5.43. The monoisotopic (exact) mass is 305 g/mol. The van der Waals surface area contributed by atoms with Gasteiger partial charge in [-0.05, 0) is 31.0 Å². The lowest BCUT2D eigenvalue weighted by Crippen LogP contribution is -2.11. The van der Waals surface area contributed by atoms with Crippen LogP contribution in [0.3, 0.4) is 0 Å². The second-order valence-electron chi connectivity index (χ2n) is 5.19. The van der Waals surface area contributed by atoms with Crippen LogP contribution in [-0.2, 0) is 26.4 Å². The number of aromatic nitrogens is 2. The summed E-state index contributed by atoms with van der Waals surface area (Å²) in [4.78, 5) is 0. The first kappa shape index (κ1) is 16.1. The molecule has 21 heavy (non-hydrogen) atoms. The molecule has 1 aromatic carbocycles. The SMILES string of the molecule is CCNCc1ccc(-c2c(CC)nn(C)c2CC)c(Cl)c1. The molecule has 0 radical (unpaired) electrons. The third-order valence-electron chi connectivity index (χ3n) is 3.79. The normalized spacial score (nSPS) is 11.1. The van der Waals surface area contributed by atoms with Crippen molar-refractivity contribution in [1.82, 2.24) is 15.1 Å². The van der Waals surface area contributed by atoms with Crippen LogP contribution in [0.4, 0.5) is 0 Å². The van der Waals surface area contributed by atoms with Crippen LogP contribution in [0, 0.1) is 0 Å². The Morgan fingerprint density at radius 2 is 1.95 bits per heavy atom. The maximum absolute atomic E-state index is 6.55. The highest BCUT2D eigenvalue weighted by Crippen LogP contribution is 2.34. The molecule has 3 nitrogen and oxygen atoms in total.